The molecule has 4 N–H and O–H groups in total. The first-order valence-corrected chi connectivity index (χ1v) is 4.96. The van der Waals surface area contributed by atoms with Gasteiger partial charge in [-0.3, -0.25) is 4.79 Å². The Morgan fingerprint density at radius 2 is 1.88 bits per heavy atom. The molecular formula is C9H20N4O3. The van der Waals surface area contributed by atoms with Crippen LogP contribution in [0.25, 0.3) is 0 Å². The highest BCUT2D eigenvalue weighted by molar-refractivity contribution is 5.81. The van der Waals surface area contributed by atoms with Gasteiger partial charge in [-0.2, -0.15) is 0 Å². The molecule has 0 aliphatic rings. The summed E-state index contributed by atoms with van der Waals surface area (Å²) in [6.07, 6.45) is 0. The summed E-state index contributed by atoms with van der Waals surface area (Å²) in [6.45, 7) is 0.883. The molecule has 0 fully saturated rings. The second-order valence-electron chi connectivity index (χ2n) is 3.48. The average Bonchev–Trinajstić information content (AvgIpc) is 2.23. The van der Waals surface area contributed by atoms with Crippen LogP contribution in [0.15, 0.2) is 0 Å². The minimum absolute atomic E-state index is 0.176. The van der Waals surface area contributed by atoms with E-state index in [9.17, 15) is 9.59 Å². The van der Waals surface area contributed by atoms with Crippen LogP contribution < -0.4 is 16.4 Å². The molecule has 0 aromatic carbocycles. The molecule has 0 aliphatic heterocycles. The molecule has 0 radical (unpaired) electrons. The number of rotatable bonds is 6. The molecule has 94 valence electrons. The van der Waals surface area contributed by atoms with Crippen LogP contribution >= 0.6 is 0 Å². The van der Waals surface area contributed by atoms with Crippen LogP contribution in [0.2, 0.25) is 0 Å². The van der Waals surface area contributed by atoms with E-state index in [1.54, 1.807) is 14.1 Å². The number of nitrogens with two attached hydrogens (primary N) is 1. The number of ether oxygens (including phenoxy) is 1. The fourth-order valence-corrected chi connectivity index (χ4v) is 0.900. The average molecular weight is 232 g/mol. The van der Waals surface area contributed by atoms with Gasteiger partial charge in [-0.1, -0.05) is 0 Å². The maximum absolute atomic E-state index is 11.3. The molecule has 7 heteroatoms. The van der Waals surface area contributed by atoms with Gasteiger partial charge in [-0.15, -0.1) is 0 Å². The van der Waals surface area contributed by atoms with Crippen LogP contribution in [-0.2, 0) is 9.53 Å². The van der Waals surface area contributed by atoms with Crippen molar-refractivity contribution < 1.29 is 14.3 Å². The Morgan fingerprint density at radius 3 is 2.38 bits per heavy atom. The predicted octanol–water partition coefficient (Wildman–Crippen LogP) is -1.65. The van der Waals surface area contributed by atoms with E-state index in [0.717, 1.165) is 0 Å². The Morgan fingerprint density at radius 1 is 1.31 bits per heavy atom. The van der Waals surface area contributed by atoms with Crippen molar-refractivity contribution in [3.63, 3.8) is 0 Å². The van der Waals surface area contributed by atoms with Crippen LogP contribution in [0.3, 0.4) is 0 Å². The van der Waals surface area contributed by atoms with Crippen molar-refractivity contribution in [2.45, 2.75) is 6.04 Å². The fraction of sp³-hybridized carbons (Fsp3) is 0.778. The smallest absolute Gasteiger partial charge is 0.316 e. The highest BCUT2D eigenvalue weighted by Gasteiger charge is 2.11. The first kappa shape index (κ1) is 14.7. The number of urea groups is 1. The summed E-state index contributed by atoms with van der Waals surface area (Å²) in [4.78, 5) is 23.8. The van der Waals surface area contributed by atoms with Gasteiger partial charge >= 0.3 is 6.03 Å². The Labute approximate surface area is 95.3 Å². The molecule has 0 rings (SSSR count). The van der Waals surface area contributed by atoms with Crippen LogP contribution in [0, 0.1) is 0 Å². The van der Waals surface area contributed by atoms with Gasteiger partial charge in [0, 0.05) is 34.3 Å². The fourth-order valence-electron chi connectivity index (χ4n) is 0.900. The van der Waals surface area contributed by atoms with Gasteiger partial charge < -0.3 is 26.0 Å². The molecular weight excluding hydrogens is 212 g/mol. The Kier molecular flexibility index (Phi) is 7.23. The summed E-state index contributed by atoms with van der Waals surface area (Å²) in [5.41, 5.74) is 5.49. The second-order valence-corrected chi connectivity index (χ2v) is 3.48. The van der Waals surface area contributed by atoms with Gasteiger partial charge in [0.25, 0.3) is 0 Å². The molecule has 0 aromatic rings. The van der Waals surface area contributed by atoms with Crippen LogP contribution in [0.4, 0.5) is 4.79 Å². The number of hydrogen-bond acceptors (Lipinski definition) is 4. The minimum atomic E-state index is -0.672. The Bertz CT molecular complexity index is 233. The molecule has 7 nitrogen and oxygen atoms in total. The number of nitrogens with one attached hydrogen (secondary N) is 2. The standard InChI is InChI=1S/C9H20N4O3/c1-13(2)9(15)12-5-4-11-8(14)7(10)6-16-3/h7H,4-6,10H2,1-3H3,(H,11,14)(H,12,15). The van der Waals surface area contributed by atoms with E-state index in [1.807, 2.05) is 0 Å². The monoisotopic (exact) mass is 232 g/mol. The van der Waals surface area contributed by atoms with Gasteiger partial charge in [0.1, 0.15) is 6.04 Å². The normalized spacial score (nSPS) is 11.8. The van der Waals surface area contributed by atoms with Crippen molar-refractivity contribution in [3.8, 4) is 0 Å². The summed E-state index contributed by atoms with van der Waals surface area (Å²) >= 11 is 0. The molecule has 0 saturated heterocycles. The van der Waals surface area contributed by atoms with Crippen molar-refractivity contribution in [2.24, 2.45) is 5.73 Å². The zero-order valence-electron chi connectivity index (χ0n) is 9.95. The zero-order valence-corrected chi connectivity index (χ0v) is 9.95. The maximum Gasteiger partial charge on any atom is 0.316 e. The molecule has 0 saturated carbocycles. The Balaban J connectivity index is 3.59. The quantitative estimate of drug-likeness (QED) is 0.478. The summed E-state index contributed by atoms with van der Waals surface area (Å²) < 4.78 is 4.74. The molecule has 0 heterocycles. The number of hydrogen-bond donors (Lipinski definition) is 3. The first-order valence-electron chi connectivity index (χ1n) is 4.96. The SMILES string of the molecule is COCC(N)C(=O)NCCNC(=O)N(C)C. The molecule has 0 spiro atoms. The Hall–Kier alpha value is -1.34. The molecule has 1 unspecified atom stereocenters. The van der Waals surface area contributed by atoms with Gasteiger partial charge in [-0.25, -0.2) is 4.79 Å². The lowest BCUT2D eigenvalue weighted by atomic mass is 10.3. The van der Waals surface area contributed by atoms with E-state index in [2.05, 4.69) is 10.6 Å². The minimum Gasteiger partial charge on any atom is -0.383 e. The maximum atomic E-state index is 11.3. The summed E-state index contributed by atoms with van der Waals surface area (Å²) in [5.74, 6) is -0.291. The van der Waals surface area contributed by atoms with E-state index < -0.39 is 6.04 Å². The zero-order chi connectivity index (χ0) is 12.6. The largest absolute Gasteiger partial charge is 0.383 e. The van der Waals surface area contributed by atoms with E-state index in [-0.39, 0.29) is 18.5 Å². The van der Waals surface area contributed by atoms with E-state index in [1.165, 1.54) is 12.0 Å². The second kappa shape index (κ2) is 7.89. The first-order chi connectivity index (χ1) is 7.49. The van der Waals surface area contributed by atoms with E-state index in [0.29, 0.717) is 13.1 Å². The van der Waals surface area contributed by atoms with E-state index >= 15 is 0 Å². The van der Waals surface area contributed by atoms with Crippen LogP contribution in [-0.4, -0.2) is 63.8 Å². The van der Waals surface area contributed by atoms with Crippen molar-refractivity contribution >= 4 is 11.9 Å². The number of carbonyl (C=O) groups is 2. The van der Waals surface area contributed by atoms with Crippen molar-refractivity contribution in [3.05, 3.63) is 0 Å². The lowest BCUT2D eigenvalue weighted by molar-refractivity contribution is -0.123. The van der Waals surface area contributed by atoms with Crippen molar-refractivity contribution in [1.29, 1.82) is 0 Å². The third-order valence-corrected chi connectivity index (χ3v) is 1.79. The molecule has 0 bridgehead atoms. The van der Waals surface area contributed by atoms with Gasteiger partial charge in [0.2, 0.25) is 5.91 Å². The van der Waals surface area contributed by atoms with Crippen LogP contribution in [0.1, 0.15) is 0 Å². The highest BCUT2D eigenvalue weighted by Crippen LogP contribution is 1.80. The molecule has 16 heavy (non-hydrogen) atoms. The highest BCUT2D eigenvalue weighted by atomic mass is 16.5. The molecule has 0 aliphatic carbocycles. The van der Waals surface area contributed by atoms with Gasteiger partial charge in [-0.05, 0) is 0 Å². The summed E-state index contributed by atoms with van der Waals surface area (Å²) in [7, 11) is 4.76. The predicted molar refractivity (Wildman–Crippen MR) is 59.9 cm³/mol. The number of methoxy groups -OCH3 is 1. The molecule has 0 aromatic heterocycles. The number of amides is 3. The van der Waals surface area contributed by atoms with Crippen molar-refractivity contribution in [2.75, 3.05) is 40.9 Å². The third kappa shape index (κ3) is 6.20. The molecule has 3 amide bonds. The van der Waals surface area contributed by atoms with Crippen LogP contribution in [0.5, 0.6) is 0 Å². The van der Waals surface area contributed by atoms with Gasteiger partial charge in [0.05, 0.1) is 6.61 Å². The molecule has 1 atom stereocenters. The summed E-state index contributed by atoms with van der Waals surface area (Å²) in [5, 5.41) is 5.19. The van der Waals surface area contributed by atoms with Crippen molar-refractivity contribution in [1.82, 2.24) is 15.5 Å². The topological polar surface area (TPSA) is 96.7 Å². The lowest BCUT2D eigenvalue weighted by Gasteiger charge is -2.13. The van der Waals surface area contributed by atoms with Gasteiger partial charge in [0.15, 0.2) is 0 Å². The number of nitrogens with zero attached hydrogens (tertiary/aromatic N) is 1. The van der Waals surface area contributed by atoms with E-state index in [4.69, 9.17) is 10.5 Å². The lowest BCUT2D eigenvalue weighted by Crippen LogP contribution is -2.46. The number of carbonyl (C=O) groups excluding carboxylic acids is 2. The third-order valence-electron chi connectivity index (χ3n) is 1.79. The summed E-state index contributed by atoms with van der Waals surface area (Å²) in [6, 6.07) is -0.870.